The Bertz CT molecular complexity index is 898. The molecule has 0 unspecified atom stereocenters. The predicted octanol–water partition coefficient (Wildman–Crippen LogP) is 3.10. The predicted molar refractivity (Wildman–Crippen MR) is 111 cm³/mol. The number of hydrogen-bond donors (Lipinski definition) is 3. The van der Waals surface area contributed by atoms with Crippen molar-refractivity contribution in [2.45, 2.75) is 18.9 Å². The van der Waals surface area contributed by atoms with Crippen molar-refractivity contribution in [3.05, 3.63) is 89.7 Å². The summed E-state index contributed by atoms with van der Waals surface area (Å²) in [5.74, 6) is -0.418. The first-order chi connectivity index (χ1) is 13.6. The molecule has 1 atom stereocenters. The number of aliphatic hydroxyl groups excluding tert-OH is 1. The van der Waals surface area contributed by atoms with Crippen LogP contribution in [-0.4, -0.2) is 29.1 Å². The highest BCUT2D eigenvalue weighted by molar-refractivity contribution is 5.93. The lowest BCUT2D eigenvalue weighted by Crippen LogP contribution is -2.23. The van der Waals surface area contributed by atoms with Crippen molar-refractivity contribution in [3.63, 3.8) is 0 Å². The molecule has 0 saturated heterocycles. The van der Waals surface area contributed by atoms with Crippen molar-refractivity contribution >= 4 is 5.91 Å². The number of primary amides is 1. The minimum absolute atomic E-state index is 0.418. The summed E-state index contributed by atoms with van der Waals surface area (Å²) >= 11 is 0. The van der Waals surface area contributed by atoms with E-state index in [0.717, 1.165) is 41.6 Å². The van der Waals surface area contributed by atoms with Crippen LogP contribution in [0.1, 0.15) is 34.0 Å². The lowest BCUT2D eigenvalue weighted by Gasteiger charge is -2.13. The molecule has 0 bridgehead atoms. The molecular formula is C23H25N3O2. The van der Waals surface area contributed by atoms with E-state index in [1.807, 2.05) is 42.5 Å². The number of nitrogens with one attached hydrogen (secondary N) is 1. The number of amides is 1. The molecule has 0 aliphatic heterocycles. The molecule has 1 amide bonds. The molecule has 2 aromatic carbocycles. The van der Waals surface area contributed by atoms with Gasteiger partial charge in [-0.1, -0.05) is 42.5 Å². The zero-order chi connectivity index (χ0) is 19.8. The number of nitrogens with two attached hydrogens (primary N) is 1. The second-order valence-electron chi connectivity index (χ2n) is 6.71. The summed E-state index contributed by atoms with van der Waals surface area (Å²) in [6.45, 7) is 1.23. The Morgan fingerprint density at radius 2 is 1.93 bits per heavy atom. The fraction of sp³-hybridized carbons (Fsp3) is 0.217. The number of aromatic nitrogens is 1. The Labute approximate surface area is 165 Å². The molecule has 0 aliphatic carbocycles. The summed E-state index contributed by atoms with van der Waals surface area (Å²) in [5.41, 5.74) is 10.1. The molecule has 3 aromatic rings. The van der Waals surface area contributed by atoms with E-state index in [4.69, 9.17) is 5.73 Å². The first-order valence-electron chi connectivity index (χ1n) is 9.42. The smallest absolute Gasteiger partial charge is 0.248 e. The van der Waals surface area contributed by atoms with E-state index < -0.39 is 12.0 Å². The number of aliphatic hydroxyl groups is 1. The summed E-state index contributed by atoms with van der Waals surface area (Å²) in [4.78, 5) is 15.6. The van der Waals surface area contributed by atoms with E-state index in [0.29, 0.717) is 12.1 Å². The number of pyridine rings is 1. The van der Waals surface area contributed by atoms with Gasteiger partial charge in [0, 0.05) is 30.1 Å². The summed E-state index contributed by atoms with van der Waals surface area (Å²) in [5, 5.41) is 13.5. The summed E-state index contributed by atoms with van der Waals surface area (Å²) in [7, 11) is 0. The first kappa shape index (κ1) is 19.7. The van der Waals surface area contributed by atoms with Crippen LogP contribution in [0.3, 0.4) is 0 Å². The van der Waals surface area contributed by atoms with Gasteiger partial charge in [-0.15, -0.1) is 0 Å². The van der Waals surface area contributed by atoms with Gasteiger partial charge in [0.25, 0.3) is 0 Å². The van der Waals surface area contributed by atoms with E-state index in [9.17, 15) is 9.90 Å². The zero-order valence-corrected chi connectivity index (χ0v) is 15.7. The highest BCUT2D eigenvalue weighted by atomic mass is 16.3. The van der Waals surface area contributed by atoms with Crippen molar-refractivity contribution in [3.8, 4) is 11.1 Å². The molecule has 144 valence electrons. The van der Waals surface area contributed by atoms with Gasteiger partial charge in [0.2, 0.25) is 5.91 Å². The second kappa shape index (κ2) is 9.78. The van der Waals surface area contributed by atoms with Crippen LogP contribution in [0.15, 0.2) is 73.1 Å². The molecule has 1 heterocycles. The monoisotopic (exact) mass is 375 g/mol. The van der Waals surface area contributed by atoms with Gasteiger partial charge in [-0.05, 0) is 54.3 Å². The maximum Gasteiger partial charge on any atom is 0.248 e. The van der Waals surface area contributed by atoms with Crippen molar-refractivity contribution in [2.24, 2.45) is 5.73 Å². The highest BCUT2D eigenvalue weighted by Crippen LogP contribution is 2.25. The molecule has 28 heavy (non-hydrogen) atoms. The Balaban J connectivity index is 1.60. The largest absolute Gasteiger partial charge is 0.387 e. The molecule has 0 saturated carbocycles. The standard InChI is InChI=1S/C23H25N3O2/c24-23(28)19-10-11-21(17-6-2-1-3-7-17)18(14-19)8-4-13-26-16-22(27)20-9-5-12-25-15-20/h1-3,5-7,9-12,14-15,22,26-27H,4,8,13,16H2,(H2,24,28)/t22-/m0/s1. The Morgan fingerprint density at radius 1 is 1.11 bits per heavy atom. The van der Waals surface area contributed by atoms with Crippen LogP contribution >= 0.6 is 0 Å². The van der Waals surface area contributed by atoms with E-state index in [1.165, 1.54) is 0 Å². The number of aryl methyl sites for hydroxylation is 1. The van der Waals surface area contributed by atoms with Crippen molar-refractivity contribution < 1.29 is 9.90 Å². The minimum atomic E-state index is -0.577. The van der Waals surface area contributed by atoms with Crippen molar-refractivity contribution in [2.75, 3.05) is 13.1 Å². The SMILES string of the molecule is NC(=O)c1ccc(-c2ccccc2)c(CCCNC[C@H](O)c2cccnc2)c1. The van der Waals surface area contributed by atoms with Gasteiger partial charge in [-0.2, -0.15) is 0 Å². The fourth-order valence-corrected chi connectivity index (χ4v) is 3.19. The molecule has 5 nitrogen and oxygen atoms in total. The van der Waals surface area contributed by atoms with Gasteiger partial charge < -0.3 is 16.2 Å². The average molecular weight is 375 g/mol. The lowest BCUT2D eigenvalue weighted by atomic mass is 9.94. The molecule has 0 fully saturated rings. The molecule has 5 heteroatoms. The number of hydrogen-bond acceptors (Lipinski definition) is 4. The van der Waals surface area contributed by atoms with Crippen molar-refractivity contribution in [1.29, 1.82) is 0 Å². The van der Waals surface area contributed by atoms with E-state index in [2.05, 4.69) is 22.4 Å². The Hall–Kier alpha value is -3.02. The van der Waals surface area contributed by atoms with Gasteiger partial charge >= 0.3 is 0 Å². The van der Waals surface area contributed by atoms with Crippen LogP contribution in [0, 0.1) is 0 Å². The molecule has 1 aromatic heterocycles. The second-order valence-corrected chi connectivity index (χ2v) is 6.71. The Kier molecular flexibility index (Phi) is 6.89. The molecule has 4 N–H and O–H groups in total. The number of carbonyl (C=O) groups excluding carboxylic acids is 1. The minimum Gasteiger partial charge on any atom is -0.387 e. The molecule has 3 rings (SSSR count). The first-order valence-corrected chi connectivity index (χ1v) is 9.42. The molecular weight excluding hydrogens is 350 g/mol. The van der Waals surface area contributed by atoms with Crippen molar-refractivity contribution in [1.82, 2.24) is 10.3 Å². The third-order valence-corrected chi connectivity index (χ3v) is 4.68. The summed E-state index contributed by atoms with van der Waals surface area (Å²) < 4.78 is 0. The van der Waals surface area contributed by atoms with Gasteiger partial charge in [0.1, 0.15) is 0 Å². The van der Waals surface area contributed by atoms with Crippen LogP contribution < -0.4 is 11.1 Å². The number of carbonyl (C=O) groups is 1. The zero-order valence-electron chi connectivity index (χ0n) is 15.7. The maximum atomic E-state index is 11.6. The quantitative estimate of drug-likeness (QED) is 0.502. The van der Waals surface area contributed by atoms with Crippen LogP contribution in [0.2, 0.25) is 0 Å². The highest BCUT2D eigenvalue weighted by Gasteiger charge is 2.10. The van der Waals surface area contributed by atoms with Gasteiger partial charge in [-0.25, -0.2) is 0 Å². The molecule has 0 radical (unpaired) electrons. The topological polar surface area (TPSA) is 88.2 Å². The third-order valence-electron chi connectivity index (χ3n) is 4.68. The summed E-state index contributed by atoms with van der Waals surface area (Å²) in [6, 6.07) is 19.4. The number of benzene rings is 2. The van der Waals surface area contributed by atoms with Gasteiger partial charge in [-0.3, -0.25) is 9.78 Å². The maximum absolute atomic E-state index is 11.6. The van der Waals surface area contributed by atoms with Crippen LogP contribution in [0.4, 0.5) is 0 Å². The van der Waals surface area contributed by atoms with Gasteiger partial charge in [0.15, 0.2) is 0 Å². The summed E-state index contributed by atoms with van der Waals surface area (Å²) in [6.07, 6.45) is 4.47. The lowest BCUT2D eigenvalue weighted by molar-refractivity contribution is 0.1000. The average Bonchev–Trinajstić information content (AvgIpc) is 2.74. The molecule has 0 aliphatic rings. The third kappa shape index (κ3) is 5.25. The fourth-order valence-electron chi connectivity index (χ4n) is 3.19. The Morgan fingerprint density at radius 3 is 2.64 bits per heavy atom. The normalized spacial score (nSPS) is 11.9. The van der Waals surface area contributed by atoms with E-state index >= 15 is 0 Å². The number of rotatable bonds is 9. The van der Waals surface area contributed by atoms with Crippen LogP contribution in [0.25, 0.3) is 11.1 Å². The van der Waals surface area contributed by atoms with E-state index in [-0.39, 0.29) is 0 Å². The van der Waals surface area contributed by atoms with Crippen LogP contribution in [-0.2, 0) is 6.42 Å². The van der Waals surface area contributed by atoms with Gasteiger partial charge in [0.05, 0.1) is 6.10 Å². The molecule has 0 spiro atoms. The number of nitrogens with zero attached hydrogens (tertiary/aromatic N) is 1. The van der Waals surface area contributed by atoms with Crippen LogP contribution in [0.5, 0.6) is 0 Å². The van der Waals surface area contributed by atoms with E-state index in [1.54, 1.807) is 18.5 Å².